The second-order valence-corrected chi connectivity index (χ2v) is 4.57. The largest absolute Gasteiger partial charge is 0.469 e. The Morgan fingerprint density at radius 3 is 2.79 bits per heavy atom. The maximum atomic E-state index is 13.2. The number of methoxy groups -OCH3 is 1. The first kappa shape index (κ1) is 15.4. The molecule has 1 aromatic carbocycles. The van der Waals surface area contributed by atoms with Crippen molar-refractivity contribution in [2.24, 2.45) is 5.73 Å². The Labute approximate surface area is 117 Å². The van der Waals surface area contributed by atoms with Gasteiger partial charge in [-0.3, -0.25) is 4.79 Å². The van der Waals surface area contributed by atoms with Crippen LogP contribution in [0.5, 0.6) is 0 Å². The average molecular weight is 284 g/mol. The molecule has 0 aliphatic carbocycles. The van der Waals surface area contributed by atoms with Crippen molar-refractivity contribution in [3.63, 3.8) is 0 Å². The summed E-state index contributed by atoms with van der Waals surface area (Å²) in [6.45, 7) is 0.621. The Balaban J connectivity index is 2.73. The molecule has 0 heterocycles. The lowest BCUT2D eigenvalue weighted by molar-refractivity contribution is -0.140. The van der Waals surface area contributed by atoms with Crippen LogP contribution >= 0.6 is 12.2 Å². The summed E-state index contributed by atoms with van der Waals surface area (Å²) in [5, 5.41) is 0. The van der Waals surface area contributed by atoms with Crippen molar-refractivity contribution in [2.75, 3.05) is 25.6 Å². The molecule has 0 atom stereocenters. The number of thiocarbonyl (C=S) groups is 1. The zero-order valence-corrected chi connectivity index (χ0v) is 11.8. The van der Waals surface area contributed by atoms with E-state index >= 15 is 0 Å². The summed E-state index contributed by atoms with van der Waals surface area (Å²) in [7, 11) is 3.20. The normalized spacial score (nSPS) is 10.1. The van der Waals surface area contributed by atoms with E-state index in [0.717, 1.165) is 5.69 Å². The molecule has 0 aliphatic rings. The maximum Gasteiger partial charge on any atom is 0.305 e. The number of hydrogen-bond acceptors (Lipinski definition) is 4. The summed E-state index contributed by atoms with van der Waals surface area (Å²) in [5.74, 6) is -0.628. The van der Waals surface area contributed by atoms with Gasteiger partial charge < -0.3 is 15.4 Å². The van der Waals surface area contributed by atoms with Gasteiger partial charge in [-0.15, -0.1) is 0 Å². The average Bonchev–Trinajstić information content (AvgIpc) is 2.38. The van der Waals surface area contributed by atoms with Crippen LogP contribution in [0, 0.1) is 5.82 Å². The first-order valence-corrected chi connectivity index (χ1v) is 6.24. The predicted molar refractivity (Wildman–Crippen MR) is 76.8 cm³/mol. The van der Waals surface area contributed by atoms with Crippen LogP contribution in [0.1, 0.15) is 18.4 Å². The molecular formula is C13H17FN2O2S. The number of carbonyl (C=O) groups is 1. The van der Waals surface area contributed by atoms with E-state index in [0.29, 0.717) is 24.9 Å². The highest BCUT2D eigenvalue weighted by molar-refractivity contribution is 7.80. The highest BCUT2D eigenvalue weighted by Gasteiger charge is 2.11. The molecule has 0 fully saturated rings. The lowest BCUT2D eigenvalue weighted by Gasteiger charge is -2.22. The molecule has 4 nitrogen and oxygen atoms in total. The number of benzene rings is 1. The van der Waals surface area contributed by atoms with E-state index in [1.165, 1.54) is 19.2 Å². The smallest absolute Gasteiger partial charge is 0.305 e. The van der Waals surface area contributed by atoms with Gasteiger partial charge in [0.2, 0.25) is 0 Å². The van der Waals surface area contributed by atoms with Gasteiger partial charge in [0, 0.05) is 31.3 Å². The van der Waals surface area contributed by atoms with Gasteiger partial charge in [0.1, 0.15) is 10.8 Å². The molecule has 0 bridgehead atoms. The fourth-order valence-electron chi connectivity index (χ4n) is 1.72. The minimum atomic E-state index is -0.380. The summed E-state index contributed by atoms with van der Waals surface area (Å²) in [6.07, 6.45) is 0.974. The number of hydrogen-bond donors (Lipinski definition) is 1. The second-order valence-electron chi connectivity index (χ2n) is 4.13. The van der Waals surface area contributed by atoms with Crippen LogP contribution in [-0.2, 0) is 9.53 Å². The van der Waals surface area contributed by atoms with Crippen molar-refractivity contribution < 1.29 is 13.9 Å². The topological polar surface area (TPSA) is 55.6 Å². The number of ether oxygens (including phenoxy) is 1. The fraction of sp³-hybridized carbons (Fsp3) is 0.385. The number of nitrogens with two attached hydrogens (primary N) is 1. The number of anilines is 1. The molecule has 19 heavy (non-hydrogen) atoms. The highest BCUT2D eigenvalue weighted by atomic mass is 32.1. The van der Waals surface area contributed by atoms with E-state index in [4.69, 9.17) is 18.0 Å². The molecule has 0 amide bonds. The Hall–Kier alpha value is -1.69. The molecule has 0 spiro atoms. The molecule has 0 radical (unpaired) electrons. The predicted octanol–water partition coefficient (Wildman–Crippen LogP) is 1.85. The lowest BCUT2D eigenvalue weighted by atomic mass is 10.1. The van der Waals surface area contributed by atoms with Crippen molar-refractivity contribution in [1.29, 1.82) is 0 Å². The number of rotatable bonds is 6. The zero-order valence-electron chi connectivity index (χ0n) is 11.0. The first-order valence-electron chi connectivity index (χ1n) is 5.83. The molecule has 0 saturated carbocycles. The molecule has 0 unspecified atom stereocenters. The lowest BCUT2D eigenvalue weighted by Crippen LogP contribution is -2.23. The highest BCUT2D eigenvalue weighted by Crippen LogP contribution is 2.21. The number of nitrogens with zero attached hydrogens (tertiary/aromatic N) is 1. The molecule has 104 valence electrons. The maximum absolute atomic E-state index is 13.2. The summed E-state index contributed by atoms with van der Waals surface area (Å²) < 4.78 is 17.7. The number of esters is 1. The van der Waals surface area contributed by atoms with Gasteiger partial charge in [-0.1, -0.05) is 12.2 Å². The van der Waals surface area contributed by atoms with Crippen LogP contribution in [0.15, 0.2) is 18.2 Å². The van der Waals surface area contributed by atoms with E-state index < -0.39 is 0 Å². The SMILES string of the molecule is COC(=O)CCCN(C)c1ccc(F)cc1C(N)=S. The van der Waals surface area contributed by atoms with Crippen LogP contribution in [0.3, 0.4) is 0 Å². The van der Waals surface area contributed by atoms with Gasteiger partial charge in [0.15, 0.2) is 0 Å². The third-order valence-corrected chi connectivity index (χ3v) is 2.96. The molecule has 0 aliphatic heterocycles. The quantitative estimate of drug-likeness (QED) is 0.638. The molecule has 1 aromatic rings. The summed E-state index contributed by atoms with van der Waals surface area (Å²) in [6, 6.07) is 4.30. The third-order valence-electron chi connectivity index (χ3n) is 2.74. The van der Waals surface area contributed by atoms with Crippen LogP contribution in [0.4, 0.5) is 10.1 Å². The Morgan fingerprint density at radius 2 is 2.21 bits per heavy atom. The standard InChI is InChI=1S/C13H17FN2O2S/c1-16(7-3-4-12(17)18-2)11-6-5-9(14)8-10(11)13(15)19/h5-6,8H,3-4,7H2,1-2H3,(H2,15,19). The van der Waals surface area contributed by atoms with Crippen LogP contribution in [-0.4, -0.2) is 31.7 Å². The van der Waals surface area contributed by atoms with Gasteiger partial charge in [-0.25, -0.2) is 4.39 Å². The third kappa shape index (κ3) is 4.48. The van der Waals surface area contributed by atoms with Crippen molar-refractivity contribution in [3.8, 4) is 0 Å². The van der Waals surface area contributed by atoms with Crippen molar-refractivity contribution in [1.82, 2.24) is 0 Å². The molecule has 2 N–H and O–H groups in total. The minimum absolute atomic E-state index is 0.148. The summed E-state index contributed by atoms with van der Waals surface area (Å²) >= 11 is 4.91. The Kier molecular flexibility index (Phi) is 5.69. The van der Waals surface area contributed by atoms with E-state index in [9.17, 15) is 9.18 Å². The van der Waals surface area contributed by atoms with Gasteiger partial charge in [0.05, 0.1) is 7.11 Å². The van der Waals surface area contributed by atoms with Gasteiger partial charge in [-0.05, 0) is 24.6 Å². The molecule has 0 saturated heterocycles. The van der Waals surface area contributed by atoms with E-state index in [1.807, 2.05) is 11.9 Å². The molecule has 1 rings (SSSR count). The van der Waals surface area contributed by atoms with E-state index in [2.05, 4.69) is 4.74 Å². The fourth-order valence-corrected chi connectivity index (χ4v) is 1.89. The van der Waals surface area contributed by atoms with Crippen LogP contribution in [0.2, 0.25) is 0 Å². The minimum Gasteiger partial charge on any atom is -0.469 e. The Morgan fingerprint density at radius 1 is 1.53 bits per heavy atom. The van der Waals surface area contributed by atoms with Gasteiger partial charge in [-0.2, -0.15) is 0 Å². The van der Waals surface area contributed by atoms with Crippen molar-refractivity contribution in [3.05, 3.63) is 29.6 Å². The zero-order chi connectivity index (χ0) is 14.4. The van der Waals surface area contributed by atoms with E-state index in [1.54, 1.807) is 6.07 Å². The first-order chi connectivity index (χ1) is 8.95. The second kappa shape index (κ2) is 7.04. The molecule has 6 heteroatoms. The molecular weight excluding hydrogens is 267 g/mol. The number of halogens is 1. The van der Waals surface area contributed by atoms with Crippen molar-refractivity contribution in [2.45, 2.75) is 12.8 Å². The Bertz CT molecular complexity index is 480. The summed E-state index contributed by atoms with van der Waals surface area (Å²) in [4.78, 5) is 13.1. The van der Waals surface area contributed by atoms with Crippen LogP contribution < -0.4 is 10.6 Å². The van der Waals surface area contributed by atoms with Crippen LogP contribution in [0.25, 0.3) is 0 Å². The molecule has 0 aromatic heterocycles. The number of carbonyl (C=O) groups excluding carboxylic acids is 1. The van der Waals surface area contributed by atoms with Crippen molar-refractivity contribution >= 4 is 28.9 Å². The van der Waals surface area contributed by atoms with Gasteiger partial charge >= 0.3 is 5.97 Å². The van der Waals surface area contributed by atoms with E-state index in [-0.39, 0.29) is 16.8 Å². The monoisotopic (exact) mass is 284 g/mol. The van der Waals surface area contributed by atoms with Gasteiger partial charge in [0.25, 0.3) is 0 Å². The summed E-state index contributed by atoms with van der Waals surface area (Å²) in [5.41, 5.74) is 6.83.